The van der Waals surface area contributed by atoms with Crippen LogP contribution in [0.4, 0.5) is 18.9 Å². The Morgan fingerprint density at radius 3 is 2.52 bits per heavy atom. The third-order valence-electron chi connectivity index (χ3n) is 4.85. The van der Waals surface area contributed by atoms with Crippen LogP contribution in [-0.4, -0.2) is 30.6 Å². The largest absolute Gasteiger partial charge is 0.462 e. The number of rotatable bonds is 3. The van der Waals surface area contributed by atoms with Crippen molar-refractivity contribution in [2.45, 2.75) is 33.4 Å². The molecule has 7 heteroatoms. The number of hydrogen-bond acceptors (Lipinski definition) is 4. The Kier molecular flexibility index (Phi) is 5.31. The lowest BCUT2D eigenvalue weighted by Crippen LogP contribution is -2.39. The van der Waals surface area contributed by atoms with Crippen molar-refractivity contribution in [2.24, 2.45) is 11.8 Å². The van der Waals surface area contributed by atoms with Gasteiger partial charge in [0.05, 0.1) is 23.4 Å². The minimum Gasteiger partial charge on any atom is -0.462 e. The quantitative estimate of drug-likeness (QED) is 0.710. The van der Waals surface area contributed by atoms with Crippen LogP contribution in [0.25, 0.3) is 10.9 Å². The normalized spacial score (nSPS) is 20.7. The molecule has 1 aromatic heterocycles. The fraction of sp³-hybridized carbons (Fsp3) is 0.500. The second kappa shape index (κ2) is 7.37. The molecule has 4 nitrogen and oxygen atoms in total. The van der Waals surface area contributed by atoms with Gasteiger partial charge >= 0.3 is 12.1 Å². The van der Waals surface area contributed by atoms with Gasteiger partial charge in [0.2, 0.25) is 0 Å². The highest BCUT2D eigenvalue weighted by Crippen LogP contribution is 2.37. The van der Waals surface area contributed by atoms with Crippen LogP contribution in [0.3, 0.4) is 0 Å². The molecule has 0 saturated carbocycles. The fourth-order valence-corrected chi connectivity index (χ4v) is 3.90. The SMILES string of the molecule is CCOC(=O)c1cnc2cc(C(F)(F)F)ccc2c1N1CC(C)CC(C)C1. The summed E-state index contributed by atoms with van der Waals surface area (Å²) in [6.07, 6.45) is -2.03. The molecule has 27 heavy (non-hydrogen) atoms. The van der Waals surface area contributed by atoms with E-state index in [0.717, 1.165) is 31.6 Å². The Balaban J connectivity index is 2.18. The smallest absolute Gasteiger partial charge is 0.416 e. The van der Waals surface area contributed by atoms with E-state index in [1.807, 2.05) is 0 Å². The van der Waals surface area contributed by atoms with Crippen molar-refractivity contribution in [3.63, 3.8) is 0 Å². The van der Waals surface area contributed by atoms with E-state index in [2.05, 4.69) is 23.7 Å². The van der Waals surface area contributed by atoms with Gasteiger partial charge in [-0.05, 0) is 37.3 Å². The number of carbonyl (C=O) groups is 1. The van der Waals surface area contributed by atoms with Crippen molar-refractivity contribution in [3.05, 3.63) is 35.5 Å². The molecule has 146 valence electrons. The summed E-state index contributed by atoms with van der Waals surface area (Å²) in [5, 5.41) is 0.537. The Hall–Kier alpha value is -2.31. The molecule has 1 saturated heterocycles. The predicted molar refractivity (Wildman–Crippen MR) is 97.9 cm³/mol. The monoisotopic (exact) mass is 380 g/mol. The van der Waals surface area contributed by atoms with Crippen LogP contribution >= 0.6 is 0 Å². The lowest BCUT2D eigenvalue weighted by molar-refractivity contribution is -0.137. The zero-order valence-corrected chi connectivity index (χ0v) is 15.6. The lowest BCUT2D eigenvalue weighted by atomic mass is 9.90. The van der Waals surface area contributed by atoms with Crippen LogP contribution in [-0.2, 0) is 10.9 Å². The maximum absolute atomic E-state index is 13.1. The van der Waals surface area contributed by atoms with Gasteiger partial charge in [0.1, 0.15) is 5.56 Å². The number of anilines is 1. The highest BCUT2D eigenvalue weighted by Gasteiger charge is 2.32. The summed E-state index contributed by atoms with van der Waals surface area (Å²) in [5.74, 6) is 0.329. The third-order valence-corrected chi connectivity index (χ3v) is 4.85. The number of ether oxygens (including phenoxy) is 1. The van der Waals surface area contributed by atoms with Crippen LogP contribution in [0, 0.1) is 11.8 Å². The number of pyridine rings is 1. The standard InChI is InChI=1S/C20H23F3N2O2/c1-4-27-19(26)16-9-24-17-8-14(20(21,22)23)5-6-15(17)18(16)25-10-12(2)7-13(3)11-25/h5-6,8-9,12-13H,4,7,10-11H2,1-3H3. The van der Waals surface area contributed by atoms with E-state index in [0.29, 0.717) is 28.5 Å². The second-order valence-electron chi connectivity index (χ2n) is 7.32. The minimum absolute atomic E-state index is 0.218. The average molecular weight is 380 g/mol. The first kappa shape index (κ1) is 19.5. The zero-order chi connectivity index (χ0) is 19.8. The van der Waals surface area contributed by atoms with Gasteiger partial charge in [0.15, 0.2) is 0 Å². The van der Waals surface area contributed by atoms with Crippen molar-refractivity contribution >= 4 is 22.6 Å². The molecule has 0 radical (unpaired) electrons. The van der Waals surface area contributed by atoms with E-state index >= 15 is 0 Å². The summed E-state index contributed by atoms with van der Waals surface area (Å²) in [6, 6.07) is 3.48. The Bertz CT molecular complexity index is 841. The Labute approximate surface area is 156 Å². The zero-order valence-electron chi connectivity index (χ0n) is 15.6. The van der Waals surface area contributed by atoms with Crippen molar-refractivity contribution < 1.29 is 22.7 Å². The first-order valence-corrected chi connectivity index (χ1v) is 9.12. The summed E-state index contributed by atoms with van der Waals surface area (Å²) < 4.78 is 44.4. The van der Waals surface area contributed by atoms with Gasteiger partial charge in [-0.25, -0.2) is 4.79 Å². The van der Waals surface area contributed by atoms with E-state index in [-0.39, 0.29) is 12.1 Å². The number of halogens is 3. The van der Waals surface area contributed by atoms with Gasteiger partial charge in [-0.3, -0.25) is 4.98 Å². The number of carbonyl (C=O) groups excluding carboxylic acids is 1. The molecule has 0 spiro atoms. The van der Waals surface area contributed by atoms with Gasteiger partial charge < -0.3 is 9.64 Å². The topological polar surface area (TPSA) is 42.4 Å². The van der Waals surface area contributed by atoms with Gasteiger partial charge in [-0.1, -0.05) is 19.9 Å². The lowest BCUT2D eigenvalue weighted by Gasteiger charge is -2.37. The summed E-state index contributed by atoms with van der Waals surface area (Å²) in [7, 11) is 0. The van der Waals surface area contributed by atoms with E-state index in [1.54, 1.807) is 6.92 Å². The van der Waals surface area contributed by atoms with Gasteiger partial charge in [0, 0.05) is 24.7 Å². The van der Waals surface area contributed by atoms with E-state index in [4.69, 9.17) is 4.74 Å². The van der Waals surface area contributed by atoms with E-state index < -0.39 is 17.7 Å². The highest BCUT2D eigenvalue weighted by molar-refractivity contribution is 6.05. The van der Waals surface area contributed by atoms with E-state index in [1.165, 1.54) is 12.3 Å². The molecule has 2 aromatic rings. The number of piperidine rings is 1. The molecule has 2 unspecified atom stereocenters. The summed E-state index contributed by atoms with van der Waals surface area (Å²) in [4.78, 5) is 18.7. The van der Waals surface area contributed by atoms with Gasteiger partial charge in [-0.15, -0.1) is 0 Å². The Morgan fingerprint density at radius 1 is 1.26 bits per heavy atom. The second-order valence-corrected chi connectivity index (χ2v) is 7.32. The molecule has 0 bridgehead atoms. The number of nitrogens with zero attached hydrogens (tertiary/aromatic N) is 2. The molecule has 1 aliphatic rings. The number of esters is 1. The van der Waals surface area contributed by atoms with Crippen molar-refractivity contribution in [1.82, 2.24) is 4.98 Å². The molecule has 0 amide bonds. The number of hydrogen-bond donors (Lipinski definition) is 0. The first-order valence-electron chi connectivity index (χ1n) is 9.12. The third kappa shape index (κ3) is 4.01. The van der Waals surface area contributed by atoms with Crippen LogP contribution < -0.4 is 4.90 Å². The number of benzene rings is 1. The van der Waals surface area contributed by atoms with Crippen LogP contribution in [0.5, 0.6) is 0 Å². The van der Waals surface area contributed by atoms with Crippen LogP contribution in [0.15, 0.2) is 24.4 Å². The molecule has 1 aliphatic heterocycles. The maximum Gasteiger partial charge on any atom is 0.416 e. The molecule has 1 fully saturated rings. The maximum atomic E-state index is 13.1. The first-order chi connectivity index (χ1) is 12.7. The average Bonchev–Trinajstić information content (AvgIpc) is 2.58. The van der Waals surface area contributed by atoms with Crippen molar-refractivity contribution in [1.29, 1.82) is 0 Å². The predicted octanol–water partition coefficient (Wildman–Crippen LogP) is 4.91. The van der Waals surface area contributed by atoms with E-state index in [9.17, 15) is 18.0 Å². The summed E-state index contributed by atoms with van der Waals surface area (Å²) in [5.41, 5.74) is 0.382. The Morgan fingerprint density at radius 2 is 1.93 bits per heavy atom. The molecular formula is C20H23F3N2O2. The fourth-order valence-electron chi connectivity index (χ4n) is 3.90. The molecular weight excluding hydrogens is 357 g/mol. The van der Waals surface area contributed by atoms with Crippen LogP contribution in [0.1, 0.15) is 43.1 Å². The minimum atomic E-state index is -4.44. The molecule has 1 aromatic carbocycles. The van der Waals surface area contributed by atoms with Crippen LogP contribution in [0.2, 0.25) is 0 Å². The number of alkyl halides is 3. The molecule has 0 N–H and O–H groups in total. The van der Waals surface area contributed by atoms with Gasteiger partial charge in [0.25, 0.3) is 0 Å². The van der Waals surface area contributed by atoms with Gasteiger partial charge in [-0.2, -0.15) is 13.2 Å². The summed E-state index contributed by atoms with van der Waals surface area (Å²) >= 11 is 0. The number of fused-ring (bicyclic) bond motifs is 1. The molecule has 2 atom stereocenters. The molecule has 2 heterocycles. The molecule has 3 rings (SSSR count). The molecule has 0 aliphatic carbocycles. The van der Waals surface area contributed by atoms with Crippen molar-refractivity contribution in [2.75, 3.05) is 24.6 Å². The number of aromatic nitrogens is 1. The summed E-state index contributed by atoms with van der Waals surface area (Å²) in [6.45, 7) is 7.67. The van der Waals surface area contributed by atoms with Crippen molar-refractivity contribution in [3.8, 4) is 0 Å². The highest BCUT2D eigenvalue weighted by atomic mass is 19.4.